The van der Waals surface area contributed by atoms with Crippen LogP contribution in [0.25, 0.3) is 0 Å². The monoisotopic (exact) mass is 282 g/mol. The van der Waals surface area contributed by atoms with Gasteiger partial charge >= 0.3 is 5.97 Å². The summed E-state index contributed by atoms with van der Waals surface area (Å²) >= 11 is 0. The average molecular weight is 282 g/mol. The summed E-state index contributed by atoms with van der Waals surface area (Å²) in [6, 6.07) is 15.9. The van der Waals surface area contributed by atoms with E-state index in [9.17, 15) is 14.7 Å². The highest BCUT2D eigenvalue weighted by molar-refractivity contribution is 6.18. The van der Waals surface area contributed by atoms with Crippen LogP contribution in [0, 0.1) is 0 Å². The number of Topliss-reactive ketones (excluding diaryl/α,β-unsaturated/α-hetero) is 1. The summed E-state index contributed by atoms with van der Waals surface area (Å²) in [6.07, 6.45) is -0.0321. The molecule has 0 aliphatic heterocycles. The number of esters is 1. The molecule has 0 bridgehead atoms. The fourth-order valence-corrected chi connectivity index (χ4v) is 2.48. The van der Waals surface area contributed by atoms with E-state index < -0.39 is 17.4 Å². The molecular weight excluding hydrogens is 268 g/mol. The van der Waals surface area contributed by atoms with Crippen molar-refractivity contribution in [3.63, 3.8) is 0 Å². The molecule has 0 radical (unpaired) electrons. The van der Waals surface area contributed by atoms with Gasteiger partial charge < -0.3 is 9.84 Å². The largest absolute Gasteiger partial charge is 0.458 e. The molecule has 0 unspecified atom stereocenters. The minimum Gasteiger partial charge on any atom is -0.458 e. The summed E-state index contributed by atoms with van der Waals surface area (Å²) in [7, 11) is 0. The number of aliphatic hydroxyl groups is 1. The lowest BCUT2D eigenvalue weighted by atomic mass is 9.99. The Morgan fingerprint density at radius 1 is 1.10 bits per heavy atom. The first-order valence-corrected chi connectivity index (χ1v) is 6.67. The van der Waals surface area contributed by atoms with Crippen LogP contribution in [0.4, 0.5) is 0 Å². The summed E-state index contributed by atoms with van der Waals surface area (Å²) in [5.41, 5.74) is -0.242. The molecule has 4 heteroatoms. The van der Waals surface area contributed by atoms with Crippen molar-refractivity contribution in [2.75, 3.05) is 0 Å². The summed E-state index contributed by atoms with van der Waals surface area (Å²) in [5.74, 6) is -1.48. The lowest BCUT2D eigenvalue weighted by Gasteiger charge is -2.18. The number of ketones is 1. The van der Waals surface area contributed by atoms with Crippen LogP contribution in [-0.4, -0.2) is 22.5 Å². The Morgan fingerprint density at radius 3 is 2.48 bits per heavy atom. The Labute approximate surface area is 122 Å². The van der Waals surface area contributed by atoms with Crippen molar-refractivity contribution in [1.82, 2.24) is 0 Å². The van der Waals surface area contributed by atoms with Gasteiger partial charge in [0, 0.05) is 12.0 Å². The first-order chi connectivity index (χ1) is 10.1. The second-order valence-electron chi connectivity index (χ2n) is 5.09. The quantitative estimate of drug-likeness (QED) is 0.690. The fourth-order valence-electron chi connectivity index (χ4n) is 2.48. The molecule has 0 heterocycles. The van der Waals surface area contributed by atoms with Crippen molar-refractivity contribution in [2.45, 2.75) is 18.6 Å². The highest BCUT2D eigenvalue weighted by Gasteiger charge is 2.51. The zero-order chi connectivity index (χ0) is 14.9. The molecule has 0 saturated heterocycles. The van der Waals surface area contributed by atoms with Crippen molar-refractivity contribution in [3.8, 4) is 0 Å². The Kier molecular flexibility index (Phi) is 3.31. The van der Waals surface area contributed by atoms with E-state index in [0.717, 1.165) is 5.56 Å². The molecule has 0 fully saturated rings. The molecule has 1 aliphatic carbocycles. The number of carbonyl (C=O) groups is 2. The maximum absolute atomic E-state index is 12.2. The molecule has 0 spiro atoms. The third kappa shape index (κ3) is 2.34. The molecular formula is C17H14O4. The van der Waals surface area contributed by atoms with E-state index in [1.807, 2.05) is 30.3 Å². The van der Waals surface area contributed by atoms with E-state index >= 15 is 0 Å². The summed E-state index contributed by atoms with van der Waals surface area (Å²) in [4.78, 5) is 24.3. The molecule has 0 saturated carbocycles. The predicted molar refractivity (Wildman–Crippen MR) is 75.7 cm³/mol. The van der Waals surface area contributed by atoms with Gasteiger partial charge in [-0.1, -0.05) is 54.6 Å². The maximum Gasteiger partial charge on any atom is 0.347 e. The molecule has 0 amide bonds. The van der Waals surface area contributed by atoms with Crippen molar-refractivity contribution in [3.05, 3.63) is 71.3 Å². The number of fused-ring (bicyclic) bond motifs is 1. The van der Waals surface area contributed by atoms with Gasteiger partial charge in [-0.25, -0.2) is 4.79 Å². The molecule has 2 aromatic carbocycles. The summed E-state index contributed by atoms with van der Waals surface area (Å²) < 4.78 is 5.11. The van der Waals surface area contributed by atoms with Gasteiger partial charge in [0.05, 0.1) is 0 Å². The number of rotatable bonds is 3. The maximum atomic E-state index is 12.2. The summed E-state index contributed by atoms with van der Waals surface area (Å²) in [5, 5.41) is 10.4. The molecule has 21 heavy (non-hydrogen) atoms. The number of hydrogen-bond donors (Lipinski definition) is 1. The van der Waals surface area contributed by atoms with Gasteiger partial charge in [0.2, 0.25) is 11.4 Å². The SMILES string of the molecule is O=C(OCc1ccccc1)[C@@]1(O)Cc2ccccc2C1=O. The van der Waals surface area contributed by atoms with Gasteiger partial charge in [0.25, 0.3) is 0 Å². The van der Waals surface area contributed by atoms with Crippen LogP contribution < -0.4 is 0 Å². The summed E-state index contributed by atoms with van der Waals surface area (Å²) in [6.45, 7) is 0.0333. The van der Waals surface area contributed by atoms with Gasteiger partial charge in [-0.15, -0.1) is 0 Å². The van der Waals surface area contributed by atoms with Crippen LogP contribution >= 0.6 is 0 Å². The van der Waals surface area contributed by atoms with E-state index in [1.165, 1.54) is 0 Å². The zero-order valence-corrected chi connectivity index (χ0v) is 11.3. The van der Waals surface area contributed by atoms with E-state index in [2.05, 4.69) is 0 Å². The van der Waals surface area contributed by atoms with E-state index in [4.69, 9.17) is 4.74 Å². The van der Waals surface area contributed by atoms with Crippen LogP contribution in [0.5, 0.6) is 0 Å². The molecule has 4 nitrogen and oxygen atoms in total. The second-order valence-corrected chi connectivity index (χ2v) is 5.09. The van der Waals surface area contributed by atoms with Crippen molar-refractivity contribution >= 4 is 11.8 Å². The van der Waals surface area contributed by atoms with E-state index in [1.54, 1.807) is 24.3 Å². The first kappa shape index (κ1) is 13.5. The minimum atomic E-state index is -2.10. The molecule has 1 aliphatic rings. The van der Waals surface area contributed by atoms with Crippen molar-refractivity contribution in [2.24, 2.45) is 0 Å². The van der Waals surface area contributed by atoms with Crippen molar-refractivity contribution in [1.29, 1.82) is 0 Å². The van der Waals surface area contributed by atoms with Gasteiger partial charge in [0.15, 0.2) is 0 Å². The van der Waals surface area contributed by atoms with E-state index in [-0.39, 0.29) is 13.0 Å². The topological polar surface area (TPSA) is 63.6 Å². The lowest BCUT2D eigenvalue weighted by molar-refractivity contribution is -0.161. The average Bonchev–Trinajstić information content (AvgIpc) is 2.79. The number of hydrogen-bond acceptors (Lipinski definition) is 4. The van der Waals surface area contributed by atoms with Gasteiger partial charge in [-0.3, -0.25) is 4.79 Å². The van der Waals surface area contributed by atoms with Gasteiger partial charge in [-0.2, -0.15) is 0 Å². The third-order valence-electron chi connectivity index (χ3n) is 3.63. The smallest absolute Gasteiger partial charge is 0.347 e. The Morgan fingerprint density at radius 2 is 1.76 bits per heavy atom. The first-order valence-electron chi connectivity index (χ1n) is 6.67. The Hall–Kier alpha value is -2.46. The Balaban J connectivity index is 1.75. The fraction of sp³-hybridized carbons (Fsp3) is 0.176. The van der Waals surface area contributed by atoms with Crippen LogP contribution in [0.15, 0.2) is 54.6 Å². The van der Waals surface area contributed by atoms with Crippen molar-refractivity contribution < 1.29 is 19.4 Å². The van der Waals surface area contributed by atoms with E-state index in [0.29, 0.717) is 11.1 Å². The van der Waals surface area contributed by atoms with Crippen LogP contribution in [0.3, 0.4) is 0 Å². The van der Waals surface area contributed by atoms with Crippen LogP contribution in [0.2, 0.25) is 0 Å². The van der Waals surface area contributed by atoms with Crippen LogP contribution in [-0.2, 0) is 22.6 Å². The molecule has 3 rings (SSSR count). The third-order valence-corrected chi connectivity index (χ3v) is 3.63. The molecule has 2 aromatic rings. The lowest BCUT2D eigenvalue weighted by Crippen LogP contribution is -2.45. The highest BCUT2D eigenvalue weighted by atomic mass is 16.6. The second kappa shape index (κ2) is 5.14. The van der Waals surface area contributed by atoms with Gasteiger partial charge in [0.1, 0.15) is 6.61 Å². The standard InChI is InChI=1S/C17H14O4/c18-15-14-9-5-4-8-13(14)10-17(15,20)16(19)21-11-12-6-2-1-3-7-12/h1-9,20H,10-11H2/t17-/m1/s1. The number of carbonyl (C=O) groups excluding carboxylic acids is 2. The number of ether oxygens (including phenoxy) is 1. The highest BCUT2D eigenvalue weighted by Crippen LogP contribution is 2.31. The molecule has 1 atom stereocenters. The normalized spacial score (nSPS) is 20.1. The van der Waals surface area contributed by atoms with Crippen LogP contribution in [0.1, 0.15) is 21.5 Å². The molecule has 0 aromatic heterocycles. The van der Waals surface area contributed by atoms with Gasteiger partial charge in [-0.05, 0) is 11.1 Å². The Bertz CT molecular complexity index is 693. The number of benzene rings is 2. The molecule has 106 valence electrons. The zero-order valence-electron chi connectivity index (χ0n) is 11.3. The molecule has 1 N–H and O–H groups in total. The minimum absolute atomic E-state index is 0.0321. The predicted octanol–water partition coefficient (Wildman–Crippen LogP) is 1.90.